The van der Waals surface area contributed by atoms with Crippen molar-refractivity contribution in [1.29, 1.82) is 0 Å². The maximum atomic E-state index is 13.0. The van der Waals surface area contributed by atoms with E-state index in [1.54, 1.807) is 6.92 Å². The molecule has 0 saturated heterocycles. The minimum absolute atomic E-state index is 0.294. The van der Waals surface area contributed by atoms with Crippen LogP contribution in [0.5, 0.6) is 0 Å². The Morgan fingerprint density at radius 2 is 1.91 bits per heavy atom. The Morgan fingerprint density at radius 3 is 2.62 bits per heavy atom. The topological polar surface area (TPSA) is 104 Å². The van der Waals surface area contributed by atoms with E-state index in [4.69, 9.17) is 0 Å². The molecule has 1 aliphatic heterocycles. The van der Waals surface area contributed by atoms with Crippen LogP contribution >= 0.6 is 0 Å². The van der Waals surface area contributed by atoms with Crippen molar-refractivity contribution in [1.82, 2.24) is 20.1 Å². The number of aryl methyl sites for hydroxylation is 1. The smallest absolute Gasteiger partial charge is 0.307 e. The zero-order chi connectivity index (χ0) is 23.4. The summed E-state index contributed by atoms with van der Waals surface area (Å²) in [6.45, 7) is 6.81. The van der Waals surface area contributed by atoms with Crippen LogP contribution in [0.4, 0.5) is 0 Å². The highest BCUT2D eigenvalue weighted by molar-refractivity contribution is 5.91. The molecule has 2 bridgehead atoms. The predicted octanol–water partition coefficient (Wildman–Crippen LogP) is 1.91. The van der Waals surface area contributed by atoms with E-state index >= 15 is 0 Å². The fourth-order valence-electron chi connectivity index (χ4n) is 3.81. The maximum absolute atomic E-state index is 13.0. The largest absolute Gasteiger partial charge is 0.481 e. The molecule has 2 aromatic rings. The molecule has 1 aliphatic rings. The fourth-order valence-corrected chi connectivity index (χ4v) is 3.81. The van der Waals surface area contributed by atoms with Crippen LogP contribution < -0.4 is 10.6 Å². The molecule has 0 saturated carbocycles. The van der Waals surface area contributed by atoms with E-state index in [2.05, 4.69) is 45.6 Å². The molecule has 1 aromatic heterocycles. The van der Waals surface area contributed by atoms with E-state index in [1.807, 2.05) is 25.1 Å². The van der Waals surface area contributed by atoms with Gasteiger partial charge in [0.05, 0.1) is 12.6 Å². The minimum atomic E-state index is -1.04. The second-order valence-corrected chi connectivity index (χ2v) is 8.72. The first-order valence-electron chi connectivity index (χ1n) is 10.9. The highest BCUT2D eigenvalue weighted by atomic mass is 16.4. The molecule has 0 spiro atoms. The van der Waals surface area contributed by atoms with Gasteiger partial charge in [-0.25, -0.2) is 0 Å². The molecule has 0 radical (unpaired) electrons. The van der Waals surface area contributed by atoms with Gasteiger partial charge in [-0.05, 0) is 31.7 Å². The van der Waals surface area contributed by atoms with Gasteiger partial charge in [0.2, 0.25) is 11.8 Å². The number of nitrogens with one attached hydrogen (secondary N) is 2. The molecule has 172 valence electrons. The zero-order valence-corrected chi connectivity index (χ0v) is 19.1. The number of allylic oxidation sites excluding steroid dienone is 1. The summed E-state index contributed by atoms with van der Waals surface area (Å²) in [7, 11) is 1.90. The van der Waals surface area contributed by atoms with E-state index in [9.17, 15) is 19.5 Å². The SMILES string of the molecule is Cc1ccc2c(c1)c1cn2C/C=C/CN(C)CNC(=O)C(NC(=O)C(C)C(C)C(=O)O)C1. The van der Waals surface area contributed by atoms with Crippen molar-refractivity contribution in [2.45, 2.75) is 39.8 Å². The zero-order valence-electron chi connectivity index (χ0n) is 19.1. The molecule has 1 aromatic carbocycles. The second kappa shape index (κ2) is 9.99. The molecule has 0 aliphatic carbocycles. The number of fused-ring (bicyclic) bond motifs is 5. The maximum Gasteiger partial charge on any atom is 0.307 e. The summed E-state index contributed by atoms with van der Waals surface area (Å²) < 4.78 is 2.14. The Labute approximate surface area is 188 Å². The van der Waals surface area contributed by atoms with Crippen molar-refractivity contribution in [3.8, 4) is 0 Å². The van der Waals surface area contributed by atoms with Crippen LogP contribution in [0.25, 0.3) is 10.9 Å². The molecule has 8 heteroatoms. The quantitative estimate of drug-likeness (QED) is 0.630. The molecule has 2 amide bonds. The van der Waals surface area contributed by atoms with Crippen LogP contribution in [0.15, 0.2) is 36.5 Å². The number of carbonyl (C=O) groups is 3. The molecule has 2 heterocycles. The Hall–Kier alpha value is -3.13. The standard InChI is InChI=1S/C24H32N4O4/c1-15-7-8-21-19(11-15)18-12-20(26-22(29)16(2)17(3)24(31)32)23(30)25-14-27(4)9-5-6-10-28(21)13-18/h5-8,11,13,16-17,20H,9-10,12,14H2,1-4H3,(H,25,30)(H,26,29)(H,31,32)/b6-5+. The average molecular weight is 441 g/mol. The molecule has 3 rings (SSSR count). The third kappa shape index (κ3) is 5.37. The highest BCUT2D eigenvalue weighted by Crippen LogP contribution is 2.25. The lowest BCUT2D eigenvalue weighted by atomic mass is 9.94. The van der Waals surface area contributed by atoms with Crippen LogP contribution in [0, 0.1) is 18.8 Å². The number of amides is 2. The van der Waals surface area contributed by atoms with Crippen LogP contribution in [0.2, 0.25) is 0 Å². The Kier molecular flexibility index (Phi) is 7.35. The third-order valence-electron chi connectivity index (χ3n) is 6.14. The van der Waals surface area contributed by atoms with Crippen molar-refractivity contribution < 1.29 is 19.5 Å². The van der Waals surface area contributed by atoms with E-state index in [-0.39, 0.29) is 5.91 Å². The molecular weight excluding hydrogens is 408 g/mol. The Bertz CT molecular complexity index is 1040. The normalized spacial score (nSPS) is 20.9. The summed E-state index contributed by atoms with van der Waals surface area (Å²) in [4.78, 5) is 39.1. The first-order chi connectivity index (χ1) is 15.2. The number of carboxylic acid groups (broad SMARTS) is 1. The van der Waals surface area contributed by atoms with Gasteiger partial charge in [0.25, 0.3) is 0 Å². The number of carbonyl (C=O) groups excluding carboxylic acids is 2. The molecule has 3 atom stereocenters. The fraction of sp³-hybridized carbons (Fsp3) is 0.458. The number of rotatable bonds is 4. The number of likely N-dealkylation sites (N-methyl/N-ethyl adjacent to an activating group) is 1. The molecule has 3 N–H and O–H groups in total. The number of nitrogens with zero attached hydrogens (tertiary/aromatic N) is 2. The summed E-state index contributed by atoms with van der Waals surface area (Å²) >= 11 is 0. The van der Waals surface area contributed by atoms with Crippen molar-refractivity contribution in [3.63, 3.8) is 0 Å². The molecule has 32 heavy (non-hydrogen) atoms. The number of aliphatic carboxylic acids is 1. The summed E-state index contributed by atoms with van der Waals surface area (Å²) in [5.74, 6) is -3.40. The van der Waals surface area contributed by atoms with Gasteiger partial charge in [-0.1, -0.05) is 37.6 Å². The summed E-state index contributed by atoms with van der Waals surface area (Å²) in [5.41, 5.74) is 3.15. The first-order valence-corrected chi connectivity index (χ1v) is 10.9. The molecular formula is C24H32N4O4. The number of aromatic nitrogens is 1. The number of hydrogen-bond acceptors (Lipinski definition) is 4. The Balaban J connectivity index is 1.96. The van der Waals surface area contributed by atoms with Crippen molar-refractivity contribution in [2.75, 3.05) is 20.3 Å². The summed E-state index contributed by atoms with van der Waals surface area (Å²) in [6, 6.07) is 5.41. The van der Waals surface area contributed by atoms with Crippen molar-refractivity contribution in [3.05, 3.63) is 47.7 Å². The van der Waals surface area contributed by atoms with Gasteiger partial charge in [-0.3, -0.25) is 19.3 Å². The van der Waals surface area contributed by atoms with Gasteiger partial charge in [0.1, 0.15) is 6.04 Å². The lowest BCUT2D eigenvalue weighted by Crippen LogP contribution is -2.51. The average Bonchev–Trinajstić information content (AvgIpc) is 3.09. The summed E-state index contributed by atoms with van der Waals surface area (Å²) in [5, 5.41) is 16.0. The van der Waals surface area contributed by atoms with E-state index in [0.29, 0.717) is 26.2 Å². The molecule has 8 nitrogen and oxygen atoms in total. The van der Waals surface area contributed by atoms with Gasteiger partial charge < -0.3 is 20.3 Å². The first kappa shape index (κ1) is 23.5. The van der Waals surface area contributed by atoms with E-state index < -0.39 is 29.8 Å². The molecule has 0 fully saturated rings. The van der Waals surface area contributed by atoms with E-state index in [1.165, 1.54) is 6.92 Å². The van der Waals surface area contributed by atoms with Crippen LogP contribution in [0.1, 0.15) is 25.0 Å². The lowest BCUT2D eigenvalue weighted by Gasteiger charge is -2.23. The van der Waals surface area contributed by atoms with Crippen molar-refractivity contribution in [2.24, 2.45) is 11.8 Å². The van der Waals surface area contributed by atoms with Gasteiger partial charge in [-0.15, -0.1) is 0 Å². The third-order valence-corrected chi connectivity index (χ3v) is 6.14. The monoisotopic (exact) mass is 440 g/mol. The van der Waals surface area contributed by atoms with Gasteiger partial charge in [0, 0.05) is 42.5 Å². The van der Waals surface area contributed by atoms with Gasteiger partial charge >= 0.3 is 5.97 Å². The van der Waals surface area contributed by atoms with E-state index in [0.717, 1.165) is 22.0 Å². The lowest BCUT2D eigenvalue weighted by molar-refractivity contribution is -0.146. The highest BCUT2D eigenvalue weighted by Gasteiger charge is 2.30. The van der Waals surface area contributed by atoms with Gasteiger partial charge in [0.15, 0.2) is 0 Å². The summed E-state index contributed by atoms with van der Waals surface area (Å²) in [6.07, 6.45) is 6.52. The van der Waals surface area contributed by atoms with Gasteiger partial charge in [-0.2, -0.15) is 0 Å². The number of carboxylic acids is 1. The molecule has 3 unspecified atom stereocenters. The van der Waals surface area contributed by atoms with Crippen LogP contribution in [-0.4, -0.2) is 58.7 Å². The second-order valence-electron chi connectivity index (χ2n) is 8.72. The number of hydrogen-bond donors (Lipinski definition) is 3. The predicted molar refractivity (Wildman–Crippen MR) is 123 cm³/mol. The van der Waals surface area contributed by atoms with Crippen molar-refractivity contribution >= 4 is 28.7 Å². The van der Waals surface area contributed by atoms with Crippen LogP contribution in [-0.2, 0) is 27.3 Å². The minimum Gasteiger partial charge on any atom is -0.481 e. The number of benzene rings is 1. The Morgan fingerprint density at radius 1 is 1.19 bits per heavy atom. The van der Waals surface area contributed by atoms with Crippen LogP contribution in [0.3, 0.4) is 0 Å².